The SMILES string of the molecule is Cc1cccc(-n2nncc2C#N)c1. The van der Waals surface area contributed by atoms with Gasteiger partial charge >= 0.3 is 0 Å². The molecule has 0 N–H and O–H groups in total. The van der Waals surface area contributed by atoms with Gasteiger partial charge in [0.15, 0.2) is 5.69 Å². The zero-order valence-corrected chi connectivity index (χ0v) is 7.68. The van der Waals surface area contributed by atoms with E-state index in [1.807, 2.05) is 37.3 Å². The predicted octanol–water partition coefficient (Wildman–Crippen LogP) is 1.45. The summed E-state index contributed by atoms with van der Waals surface area (Å²) in [7, 11) is 0. The molecule has 1 aromatic carbocycles. The molecule has 2 aromatic rings. The monoisotopic (exact) mass is 184 g/mol. The smallest absolute Gasteiger partial charge is 0.164 e. The number of nitrogens with zero attached hydrogens (tertiary/aromatic N) is 4. The van der Waals surface area contributed by atoms with Gasteiger partial charge in [-0.2, -0.15) is 5.26 Å². The van der Waals surface area contributed by atoms with E-state index in [2.05, 4.69) is 10.3 Å². The molecule has 0 fully saturated rings. The minimum Gasteiger partial charge on any atom is -0.203 e. The summed E-state index contributed by atoms with van der Waals surface area (Å²) in [5.74, 6) is 0. The van der Waals surface area contributed by atoms with Crippen molar-refractivity contribution in [3.63, 3.8) is 0 Å². The van der Waals surface area contributed by atoms with Crippen molar-refractivity contribution in [2.75, 3.05) is 0 Å². The van der Waals surface area contributed by atoms with Crippen LogP contribution in [0.1, 0.15) is 11.3 Å². The third kappa shape index (κ3) is 1.36. The number of benzene rings is 1. The molecule has 0 saturated carbocycles. The summed E-state index contributed by atoms with van der Waals surface area (Å²) in [5, 5.41) is 16.3. The Labute approximate surface area is 81.4 Å². The molecule has 2 rings (SSSR count). The first-order chi connectivity index (χ1) is 6.81. The molecule has 1 heterocycles. The molecule has 0 bridgehead atoms. The van der Waals surface area contributed by atoms with Gasteiger partial charge in [-0.25, -0.2) is 4.68 Å². The van der Waals surface area contributed by atoms with Crippen molar-refractivity contribution < 1.29 is 0 Å². The van der Waals surface area contributed by atoms with E-state index in [-0.39, 0.29) is 0 Å². The molecule has 4 heteroatoms. The summed E-state index contributed by atoms with van der Waals surface area (Å²) in [5.41, 5.74) is 2.43. The number of aryl methyl sites for hydroxylation is 1. The van der Waals surface area contributed by atoms with Crippen LogP contribution in [-0.2, 0) is 0 Å². The van der Waals surface area contributed by atoms with Gasteiger partial charge in [0.1, 0.15) is 6.07 Å². The molecule has 0 amide bonds. The maximum Gasteiger partial charge on any atom is 0.164 e. The van der Waals surface area contributed by atoms with Crippen molar-refractivity contribution >= 4 is 0 Å². The lowest BCUT2D eigenvalue weighted by molar-refractivity contribution is 0.795. The molecule has 68 valence electrons. The Hall–Kier alpha value is -2.15. The van der Waals surface area contributed by atoms with Gasteiger partial charge in [-0.3, -0.25) is 0 Å². The summed E-state index contributed by atoms with van der Waals surface area (Å²) >= 11 is 0. The van der Waals surface area contributed by atoms with Crippen LogP contribution in [0.3, 0.4) is 0 Å². The average Bonchev–Trinajstić information content (AvgIpc) is 2.65. The minimum atomic E-state index is 0.440. The van der Waals surface area contributed by atoms with Gasteiger partial charge in [0, 0.05) is 0 Å². The zero-order chi connectivity index (χ0) is 9.97. The highest BCUT2D eigenvalue weighted by Gasteiger charge is 2.04. The van der Waals surface area contributed by atoms with Gasteiger partial charge < -0.3 is 0 Å². The molecule has 4 nitrogen and oxygen atoms in total. The lowest BCUT2D eigenvalue weighted by Gasteiger charge is -2.01. The second-order valence-electron chi connectivity index (χ2n) is 2.98. The Kier molecular flexibility index (Phi) is 1.99. The molecule has 1 aromatic heterocycles. The Morgan fingerprint density at radius 1 is 1.43 bits per heavy atom. The van der Waals surface area contributed by atoms with Crippen molar-refractivity contribution in [3.05, 3.63) is 41.7 Å². The van der Waals surface area contributed by atoms with Gasteiger partial charge in [0.25, 0.3) is 0 Å². The number of hydrogen-bond donors (Lipinski definition) is 0. The fourth-order valence-electron chi connectivity index (χ4n) is 1.26. The van der Waals surface area contributed by atoms with Crippen molar-refractivity contribution in [1.29, 1.82) is 5.26 Å². The second-order valence-corrected chi connectivity index (χ2v) is 2.98. The van der Waals surface area contributed by atoms with E-state index in [0.717, 1.165) is 11.3 Å². The average molecular weight is 184 g/mol. The van der Waals surface area contributed by atoms with E-state index >= 15 is 0 Å². The number of hydrogen-bond acceptors (Lipinski definition) is 3. The molecule has 0 saturated heterocycles. The number of rotatable bonds is 1. The first-order valence-electron chi connectivity index (χ1n) is 4.19. The molecule has 0 aliphatic heterocycles. The van der Waals surface area contributed by atoms with Gasteiger partial charge in [-0.05, 0) is 24.6 Å². The van der Waals surface area contributed by atoms with Crippen LogP contribution in [0.15, 0.2) is 30.5 Å². The predicted molar refractivity (Wildman–Crippen MR) is 50.8 cm³/mol. The van der Waals surface area contributed by atoms with Crippen molar-refractivity contribution in [2.24, 2.45) is 0 Å². The van der Waals surface area contributed by atoms with Crippen molar-refractivity contribution in [1.82, 2.24) is 15.0 Å². The summed E-state index contributed by atoms with van der Waals surface area (Å²) in [6.45, 7) is 1.99. The minimum absolute atomic E-state index is 0.440. The molecule has 0 aliphatic carbocycles. The topological polar surface area (TPSA) is 54.5 Å². The zero-order valence-electron chi connectivity index (χ0n) is 7.68. The first-order valence-corrected chi connectivity index (χ1v) is 4.19. The summed E-state index contributed by atoms with van der Waals surface area (Å²) in [4.78, 5) is 0. The maximum absolute atomic E-state index is 8.79. The van der Waals surface area contributed by atoms with Crippen LogP contribution in [0.2, 0.25) is 0 Å². The molecule has 14 heavy (non-hydrogen) atoms. The number of aromatic nitrogens is 3. The van der Waals surface area contributed by atoms with Crippen LogP contribution >= 0.6 is 0 Å². The highest BCUT2D eigenvalue weighted by atomic mass is 15.4. The van der Waals surface area contributed by atoms with Gasteiger partial charge in [0.05, 0.1) is 11.9 Å². The lowest BCUT2D eigenvalue weighted by Crippen LogP contribution is -1.99. The Bertz CT molecular complexity index is 493. The summed E-state index contributed by atoms with van der Waals surface area (Å²) in [6.07, 6.45) is 1.45. The summed E-state index contributed by atoms with van der Waals surface area (Å²) < 4.78 is 1.52. The maximum atomic E-state index is 8.79. The van der Waals surface area contributed by atoms with E-state index in [1.165, 1.54) is 10.9 Å². The first kappa shape index (κ1) is 8.45. The summed E-state index contributed by atoms with van der Waals surface area (Å²) in [6, 6.07) is 9.79. The van der Waals surface area contributed by atoms with Crippen LogP contribution in [0.5, 0.6) is 0 Å². The quantitative estimate of drug-likeness (QED) is 0.674. The number of nitriles is 1. The Balaban J connectivity index is 2.56. The standard InChI is InChI=1S/C10H8N4/c1-8-3-2-4-9(5-8)14-10(6-11)7-12-13-14/h2-5,7H,1H3. The highest BCUT2D eigenvalue weighted by molar-refractivity contribution is 5.37. The van der Waals surface area contributed by atoms with E-state index in [1.54, 1.807) is 0 Å². The van der Waals surface area contributed by atoms with E-state index in [9.17, 15) is 0 Å². The van der Waals surface area contributed by atoms with Crippen LogP contribution in [-0.4, -0.2) is 15.0 Å². The van der Waals surface area contributed by atoms with Crippen LogP contribution < -0.4 is 0 Å². The fourth-order valence-corrected chi connectivity index (χ4v) is 1.26. The fraction of sp³-hybridized carbons (Fsp3) is 0.100. The molecular formula is C10H8N4. The van der Waals surface area contributed by atoms with Crippen LogP contribution in [0, 0.1) is 18.3 Å². The van der Waals surface area contributed by atoms with Crippen LogP contribution in [0.4, 0.5) is 0 Å². The Morgan fingerprint density at radius 3 is 3.00 bits per heavy atom. The van der Waals surface area contributed by atoms with E-state index in [4.69, 9.17) is 5.26 Å². The molecule has 0 atom stereocenters. The highest BCUT2D eigenvalue weighted by Crippen LogP contribution is 2.10. The third-order valence-corrected chi connectivity index (χ3v) is 1.91. The van der Waals surface area contributed by atoms with Gasteiger partial charge in [-0.15, -0.1) is 5.10 Å². The van der Waals surface area contributed by atoms with Gasteiger partial charge in [-0.1, -0.05) is 17.3 Å². The third-order valence-electron chi connectivity index (χ3n) is 1.91. The normalized spacial score (nSPS) is 9.71. The van der Waals surface area contributed by atoms with Crippen LogP contribution in [0.25, 0.3) is 5.69 Å². The van der Waals surface area contributed by atoms with Crippen molar-refractivity contribution in [2.45, 2.75) is 6.92 Å². The largest absolute Gasteiger partial charge is 0.203 e. The molecule has 0 aliphatic rings. The van der Waals surface area contributed by atoms with Gasteiger partial charge in [0.2, 0.25) is 0 Å². The van der Waals surface area contributed by atoms with E-state index < -0.39 is 0 Å². The van der Waals surface area contributed by atoms with E-state index in [0.29, 0.717) is 5.69 Å². The Morgan fingerprint density at radius 2 is 2.29 bits per heavy atom. The second kappa shape index (κ2) is 3.30. The molecule has 0 spiro atoms. The molecular weight excluding hydrogens is 176 g/mol. The molecule has 0 radical (unpaired) electrons. The lowest BCUT2D eigenvalue weighted by atomic mass is 10.2. The van der Waals surface area contributed by atoms with Crippen molar-refractivity contribution in [3.8, 4) is 11.8 Å². The molecule has 0 unspecified atom stereocenters.